The van der Waals surface area contributed by atoms with Crippen LogP contribution in [0, 0.1) is 0 Å². The van der Waals surface area contributed by atoms with Gasteiger partial charge in [-0.3, -0.25) is 0 Å². The number of ether oxygens (including phenoxy) is 1. The van der Waals surface area contributed by atoms with Crippen LogP contribution in [-0.4, -0.2) is 42.5 Å². The monoisotopic (exact) mass is 286 g/mol. The first-order valence-corrected chi connectivity index (χ1v) is 6.46. The molecular formula is C12H15ClN2O2S. The van der Waals surface area contributed by atoms with E-state index in [0.29, 0.717) is 29.8 Å². The lowest BCUT2D eigenvalue weighted by molar-refractivity contribution is 0.0727. The third-order valence-corrected chi connectivity index (χ3v) is 3.43. The van der Waals surface area contributed by atoms with E-state index >= 15 is 0 Å². The molecule has 0 aliphatic carbocycles. The smallest absolute Gasteiger partial charge is 0.106 e. The highest BCUT2D eigenvalue weighted by atomic mass is 35.5. The zero-order chi connectivity index (χ0) is 13.1. The summed E-state index contributed by atoms with van der Waals surface area (Å²) in [6, 6.07) is 5.30. The summed E-state index contributed by atoms with van der Waals surface area (Å²) in [5.74, 6) is 0. The van der Waals surface area contributed by atoms with Gasteiger partial charge in [0.1, 0.15) is 4.99 Å². The number of hydrogen-bond donors (Lipinski definition) is 2. The minimum absolute atomic E-state index is 0.0171. The Balaban J connectivity index is 2.41. The van der Waals surface area contributed by atoms with E-state index in [-0.39, 0.29) is 12.6 Å². The van der Waals surface area contributed by atoms with Crippen molar-refractivity contribution in [1.29, 1.82) is 0 Å². The molecule has 1 aromatic rings. The van der Waals surface area contributed by atoms with Crippen molar-refractivity contribution in [2.75, 3.05) is 31.3 Å². The molecule has 1 aromatic carbocycles. The number of benzene rings is 1. The van der Waals surface area contributed by atoms with Crippen LogP contribution in [-0.2, 0) is 4.74 Å². The van der Waals surface area contributed by atoms with Crippen LogP contribution < -0.4 is 10.6 Å². The number of anilines is 1. The fourth-order valence-corrected chi connectivity index (χ4v) is 2.41. The molecule has 4 nitrogen and oxygen atoms in total. The number of morpholine rings is 1. The maximum absolute atomic E-state index is 9.40. The largest absolute Gasteiger partial charge is 0.394 e. The molecule has 0 spiro atoms. The average molecular weight is 287 g/mol. The molecular weight excluding hydrogens is 272 g/mol. The molecule has 1 aliphatic rings. The number of nitrogens with two attached hydrogens (primary N) is 1. The van der Waals surface area contributed by atoms with Crippen molar-refractivity contribution in [1.82, 2.24) is 0 Å². The summed E-state index contributed by atoms with van der Waals surface area (Å²) in [6.45, 7) is 1.80. The summed E-state index contributed by atoms with van der Waals surface area (Å²) in [5, 5.41) is 10.0. The number of nitrogens with zero attached hydrogens (tertiary/aromatic N) is 1. The van der Waals surface area contributed by atoms with Gasteiger partial charge in [0.2, 0.25) is 0 Å². The molecule has 0 amide bonds. The van der Waals surface area contributed by atoms with Crippen molar-refractivity contribution in [3.8, 4) is 0 Å². The Kier molecular flexibility index (Phi) is 4.40. The van der Waals surface area contributed by atoms with Crippen molar-refractivity contribution < 1.29 is 9.84 Å². The van der Waals surface area contributed by atoms with Crippen molar-refractivity contribution in [2.24, 2.45) is 5.73 Å². The van der Waals surface area contributed by atoms with Crippen LogP contribution >= 0.6 is 23.8 Å². The van der Waals surface area contributed by atoms with Gasteiger partial charge in [0.15, 0.2) is 0 Å². The summed E-state index contributed by atoms with van der Waals surface area (Å²) in [7, 11) is 0. The molecule has 3 N–H and O–H groups in total. The lowest BCUT2D eigenvalue weighted by Crippen LogP contribution is -2.48. The second-order valence-electron chi connectivity index (χ2n) is 4.13. The van der Waals surface area contributed by atoms with E-state index in [2.05, 4.69) is 0 Å². The molecule has 1 fully saturated rings. The zero-order valence-electron chi connectivity index (χ0n) is 9.80. The molecule has 1 heterocycles. The van der Waals surface area contributed by atoms with Crippen LogP contribution in [0.1, 0.15) is 5.56 Å². The van der Waals surface area contributed by atoms with E-state index in [1.54, 1.807) is 6.07 Å². The highest BCUT2D eigenvalue weighted by Gasteiger charge is 2.25. The second kappa shape index (κ2) is 5.84. The fourth-order valence-electron chi connectivity index (χ4n) is 2.07. The summed E-state index contributed by atoms with van der Waals surface area (Å²) < 4.78 is 5.36. The van der Waals surface area contributed by atoms with E-state index < -0.39 is 0 Å². The van der Waals surface area contributed by atoms with Crippen LogP contribution in [0.15, 0.2) is 18.2 Å². The van der Waals surface area contributed by atoms with Crippen LogP contribution in [0.4, 0.5) is 5.69 Å². The molecule has 0 saturated carbocycles. The summed E-state index contributed by atoms with van der Waals surface area (Å²) in [4.78, 5) is 2.37. The van der Waals surface area contributed by atoms with Crippen LogP contribution in [0.25, 0.3) is 0 Å². The highest BCUT2D eigenvalue weighted by molar-refractivity contribution is 7.80. The zero-order valence-corrected chi connectivity index (χ0v) is 11.4. The first-order valence-electron chi connectivity index (χ1n) is 5.68. The Bertz CT molecular complexity index is 456. The van der Waals surface area contributed by atoms with Crippen molar-refractivity contribution in [3.63, 3.8) is 0 Å². The Labute approximate surface area is 116 Å². The van der Waals surface area contributed by atoms with Gasteiger partial charge in [0.05, 0.1) is 25.9 Å². The van der Waals surface area contributed by atoms with Gasteiger partial charge in [0, 0.05) is 22.8 Å². The Morgan fingerprint density at radius 1 is 1.61 bits per heavy atom. The molecule has 0 radical (unpaired) electrons. The van der Waals surface area contributed by atoms with Crippen molar-refractivity contribution in [3.05, 3.63) is 28.8 Å². The summed E-state index contributed by atoms with van der Waals surface area (Å²) in [6.07, 6.45) is 0. The van der Waals surface area contributed by atoms with E-state index in [1.165, 1.54) is 0 Å². The van der Waals surface area contributed by atoms with E-state index in [9.17, 15) is 5.11 Å². The SMILES string of the molecule is NC(=S)c1ccc(Cl)cc1N1CCOCC1CO. The molecule has 6 heteroatoms. The topological polar surface area (TPSA) is 58.7 Å². The average Bonchev–Trinajstić information content (AvgIpc) is 2.38. The maximum Gasteiger partial charge on any atom is 0.106 e. The third-order valence-electron chi connectivity index (χ3n) is 2.97. The maximum atomic E-state index is 9.40. The number of thiocarbonyl (C=S) groups is 1. The Hall–Kier alpha value is -0.880. The quantitative estimate of drug-likeness (QED) is 0.817. The Morgan fingerprint density at radius 2 is 2.39 bits per heavy atom. The van der Waals surface area contributed by atoms with E-state index in [1.807, 2.05) is 17.0 Å². The summed E-state index contributed by atoms with van der Waals surface area (Å²) in [5.41, 5.74) is 7.36. The molecule has 1 saturated heterocycles. The molecule has 0 aromatic heterocycles. The van der Waals surface area contributed by atoms with Crippen molar-refractivity contribution >= 4 is 34.5 Å². The molecule has 1 unspecified atom stereocenters. The van der Waals surface area contributed by atoms with Gasteiger partial charge in [-0.15, -0.1) is 0 Å². The van der Waals surface area contributed by atoms with E-state index in [4.69, 9.17) is 34.3 Å². The van der Waals surface area contributed by atoms with Gasteiger partial charge in [-0.25, -0.2) is 0 Å². The van der Waals surface area contributed by atoms with E-state index in [0.717, 1.165) is 11.3 Å². The number of hydrogen-bond acceptors (Lipinski definition) is 4. The number of aliphatic hydroxyl groups excluding tert-OH is 1. The van der Waals surface area contributed by atoms with Gasteiger partial charge in [-0.1, -0.05) is 23.8 Å². The van der Waals surface area contributed by atoms with Gasteiger partial charge >= 0.3 is 0 Å². The lowest BCUT2D eigenvalue weighted by atomic mass is 10.1. The van der Waals surface area contributed by atoms with Gasteiger partial charge < -0.3 is 20.5 Å². The van der Waals surface area contributed by atoms with Crippen molar-refractivity contribution in [2.45, 2.75) is 6.04 Å². The molecule has 98 valence electrons. The third kappa shape index (κ3) is 2.75. The molecule has 2 rings (SSSR count). The number of aliphatic hydroxyl groups is 1. The minimum Gasteiger partial charge on any atom is -0.394 e. The highest BCUT2D eigenvalue weighted by Crippen LogP contribution is 2.27. The predicted octanol–water partition coefficient (Wildman–Crippen LogP) is 1.17. The first kappa shape index (κ1) is 13.5. The van der Waals surface area contributed by atoms with Gasteiger partial charge in [0.25, 0.3) is 0 Å². The summed E-state index contributed by atoms with van der Waals surface area (Å²) >= 11 is 11.1. The normalized spacial score (nSPS) is 19.9. The van der Waals surface area contributed by atoms with Gasteiger partial charge in [-0.2, -0.15) is 0 Å². The Morgan fingerprint density at radius 3 is 3.06 bits per heavy atom. The first-order chi connectivity index (χ1) is 8.63. The van der Waals surface area contributed by atoms with Crippen LogP contribution in [0.2, 0.25) is 5.02 Å². The molecule has 1 aliphatic heterocycles. The molecule has 0 bridgehead atoms. The fraction of sp³-hybridized carbons (Fsp3) is 0.417. The molecule has 18 heavy (non-hydrogen) atoms. The second-order valence-corrected chi connectivity index (χ2v) is 5.01. The van der Waals surface area contributed by atoms with Gasteiger partial charge in [-0.05, 0) is 18.2 Å². The number of halogens is 1. The predicted molar refractivity (Wildman–Crippen MR) is 76.4 cm³/mol. The minimum atomic E-state index is -0.0923. The van der Waals surface area contributed by atoms with Crippen LogP contribution in [0.3, 0.4) is 0 Å². The standard InChI is InChI=1S/C12H15ClN2O2S/c13-8-1-2-10(12(14)18)11(5-8)15-3-4-17-7-9(15)6-16/h1-2,5,9,16H,3-4,6-7H2,(H2,14,18). The van der Waals surface area contributed by atoms with Crippen LogP contribution in [0.5, 0.6) is 0 Å². The number of rotatable bonds is 3. The molecule has 1 atom stereocenters. The lowest BCUT2D eigenvalue weighted by Gasteiger charge is -2.37.